The van der Waals surface area contributed by atoms with Crippen molar-refractivity contribution < 1.29 is 42.7 Å². The van der Waals surface area contributed by atoms with Gasteiger partial charge in [-0.2, -0.15) is 0 Å². The number of hydrogen-bond acceptors (Lipinski definition) is 9. The van der Waals surface area contributed by atoms with Gasteiger partial charge in [0, 0.05) is 27.6 Å². The second kappa shape index (κ2) is 8.05. The molecule has 0 aromatic rings. The van der Waals surface area contributed by atoms with E-state index in [9.17, 15) is 4.79 Å². The first-order valence-electron chi connectivity index (χ1n) is 8.87. The standard InChI is InChI=1S/C17H28O9/c1-9-16-12(6-14(20-5)23-9)21-8-22-17(26-16)7-13(19-4)15(10(2)25-17)24-11(3)18/h9-10,12-16H,6-8H2,1-5H3/t9?,10?,12-,13-,14+,15-,16-,17-/m1/s1. The smallest absolute Gasteiger partial charge is 0.303 e. The average molecular weight is 376 g/mol. The molecule has 26 heavy (non-hydrogen) atoms. The van der Waals surface area contributed by atoms with E-state index < -0.39 is 30.3 Å². The fourth-order valence-electron chi connectivity index (χ4n) is 3.75. The van der Waals surface area contributed by atoms with Crippen molar-refractivity contribution >= 4 is 5.97 Å². The lowest BCUT2D eigenvalue weighted by Crippen LogP contribution is -2.60. The Kier molecular flexibility index (Phi) is 6.18. The van der Waals surface area contributed by atoms with Crippen LogP contribution in [0.15, 0.2) is 0 Å². The molecular formula is C17H28O9. The van der Waals surface area contributed by atoms with E-state index in [0.29, 0.717) is 6.42 Å². The third kappa shape index (κ3) is 4.04. The van der Waals surface area contributed by atoms with Gasteiger partial charge in [0.2, 0.25) is 0 Å². The Labute approximate surface area is 153 Å². The molecule has 150 valence electrons. The minimum atomic E-state index is -1.35. The Morgan fingerprint density at radius 1 is 1.12 bits per heavy atom. The molecule has 1 spiro atoms. The number of hydrogen-bond donors (Lipinski definition) is 0. The molecule has 3 rings (SSSR count). The summed E-state index contributed by atoms with van der Waals surface area (Å²) < 4.78 is 45.9. The molecule has 0 aliphatic carbocycles. The number of methoxy groups -OCH3 is 2. The van der Waals surface area contributed by atoms with Crippen LogP contribution in [-0.2, 0) is 42.7 Å². The Morgan fingerprint density at radius 2 is 1.88 bits per heavy atom. The molecule has 0 aromatic carbocycles. The lowest BCUT2D eigenvalue weighted by Gasteiger charge is -2.47. The molecule has 0 saturated carbocycles. The second-order valence-corrected chi connectivity index (χ2v) is 6.85. The van der Waals surface area contributed by atoms with Gasteiger partial charge in [-0.05, 0) is 13.8 Å². The highest BCUT2D eigenvalue weighted by atomic mass is 16.9. The van der Waals surface area contributed by atoms with E-state index in [2.05, 4.69) is 0 Å². The Balaban J connectivity index is 1.76. The lowest BCUT2D eigenvalue weighted by atomic mass is 9.99. The van der Waals surface area contributed by atoms with E-state index in [1.54, 1.807) is 21.1 Å². The van der Waals surface area contributed by atoms with Crippen LogP contribution in [0.4, 0.5) is 0 Å². The van der Waals surface area contributed by atoms with Crippen LogP contribution in [0.2, 0.25) is 0 Å². The van der Waals surface area contributed by atoms with Crippen molar-refractivity contribution in [3.8, 4) is 0 Å². The Hall–Kier alpha value is -0.810. The molecular weight excluding hydrogens is 348 g/mol. The van der Waals surface area contributed by atoms with E-state index in [-0.39, 0.29) is 37.8 Å². The van der Waals surface area contributed by atoms with Crippen LogP contribution in [0.25, 0.3) is 0 Å². The van der Waals surface area contributed by atoms with Gasteiger partial charge in [0.25, 0.3) is 5.97 Å². The molecule has 2 unspecified atom stereocenters. The largest absolute Gasteiger partial charge is 0.457 e. The zero-order valence-electron chi connectivity index (χ0n) is 15.8. The number of ether oxygens (including phenoxy) is 8. The van der Waals surface area contributed by atoms with E-state index >= 15 is 0 Å². The number of carbonyl (C=O) groups excluding carboxylic acids is 1. The molecule has 3 aliphatic rings. The summed E-state index contributed by atoms with van der Waals surface area (Å²) in [6, 6.07) is 0. The minimum Gasteiger partial charge on any atom is -0.457 e. The molecule has 9 nitrogen and oxygen atoms in total. The van der Waals surface area contributed by atoms with Gasteiger partial charge in [-0.1, -0.05) is 0 Å². The Bertz CT molecular complexity index is 501. The maximum atomic E-state index is 11.4. The summed E-state index contributed by atoms with van der Waals surface area (Å²) in [6.07, 6.45) is -1.96. The number of fused-ring (bicyclic) bond motifs is 1. The van der Waals surface area contributed by atoms with E-state index in [1.807, 2.05) is 6.92 Å². The topological polar surface area (TPSA) is 90.9 Å². The van der Waals surface area contributed by atoms with Gasteiger partial charge >= 0.3 is 5.97 Å². The van der Waals surface area contributed by atoms with Crippen molar-refractivity contribution in [2.75, 3.05) is 21.0 Å². The molecule has 0 radical (unpaired) electrons. The summed E-state index contributed by atoms with van der Waals surface area (Å²) in [4.78, 5) is 11.4. The van der Waals surface area contributed by atoms with Crippen molar-refractivity contribution in [2.45, 2.75) is 82.5 Å². The molecule has 0 bridgehead atoms. The molecule has 3 aliphatic heterocycles. The van der Waals surface area contributed by atoms with Crippen LogP contribution in [0.1, 0.15) is 33.6 Å². The predicted molar refractivity (Wildman–Crippen MR) is 85.9 cm³/mol. The first kappa shape index (κ1) is 19.9. The maximum Gasteiger partial charge on any atom is 0.303 e. The third-order valence-corrected chi connectivity index (χ3v) is 5.01. The minimum absolute atomic E-state index is 0.00566. The lowest BCUT2D eigenvalue weighted by molar-refractivity contribution is -0.440. The van der Waals surface area contributed by atoms with E-state index in [4.69, 9.17) is 37.9 Å². The van der Waals surface area contributed by atoms with Gasteiger partial charge in [-0.3, -0.25) is 4.79 Å². The summed E-state index contributed by atoms with van der Waals surface area (Å²) in [7, 11) is 3.15. The highest BCUT2D eigenvalue weighted by Gasteiger charge is 2.54. The van der Waals surface area contributed by atoms with Gasteiger partial charge < -0.3 is 37.9 Å². The summed E-state index contributed by atoms with van der Waals surface area (Å²) in [5.74, 6) is -1.75. The highest BCUT2D eigenvalue weighted by Crippen LogP contribution is 2.40. The summed E-state index contributed by atoms with van der Waals surface area (Å²) in [6.45, 7) is 5.05. The molecule has 0 N–H and O–H groups in total. The van der Waals surface area contributed by atoms with E-state index in [1.165, 1.54) is 6.92 Å². The van der Waals surface area contributed by atoms with Crippen molar-refractivity contribution in [3.05, 3.63) is 0 Å². The molecule has 3 fully saturated rings. The zero-order chi connectivity index (χ0) is 18.9. The number of carbonyl (C=O) groups is 1. The summed E-state index contributed by atoms with van der Waals surface area (Å²) >= 11 is 0. The van der Waals surface area contributed by atoms with Gasteiger partial charge in [-0.15, -0.1) is 0 Å². The SMILES string of the molecule is CO[C@@H]1C[C@H]2OCO[C@@]3(C[C@@H](OC)[C@H](OC(C)=O)C(C)O3)O[C@@H]2C(C)O1. The van der Waals surface area contributed by atoms with E-state index in [0.717, 1.165) is 0 Å². The highest BCUT2D eigenvalue weighted by molar-refractivity contribution is 5.66. The zero-order valence-corrected chi connectivity index (χ0v) is 15.8. The van der Waals surface area contributed by atoms with Crippen molar-refractivity contribution in [2.24, 2.45) is 0 Å². The van der Waals surface area contributed by atoms with Gasteiger partial charge in [-0.25, -0.2) is 0 Å². The molecule has 8 atom stereocenters. The summed E-state index contributed by atoms with van der Waals surface area (Å²) in [5.41, 5.74) is 0. The van der Waals surface area contributed by atoms with Gasteiger partial charge in [0.15, 0.2) is 19.2 Å². The third-order valence-electron chi connectivity index (χ3n) is 5.01. The molecule has 9 heteroatoms. The van der Waals surface area contributed by atoms with Crippen LogP contribution >= 0.6 is 0 Å². The van der Waals surface area contributed by atoms with Crippen LogP contribution in [0.5, 0.6) is 0 Å². The van der Waals surface area contributed by atoms with Crippen molar-refractivity contribution in [1.29, 1.82) is 0 Å². The normalized spacial score (nSPS) is 46.4. The fourth-order valence-corrected chi connectivity index (χ4v) is 3.75. The predicted octanol–water partition coefficient (Wildman–Crippen LogP) is 0.935. The fraction of sp³-hybridized carbons (Fsp3) is 0.941. The molecule has 0 aromatic heterocycles. The molecule has 0 amide bonds. The average Bonchev–Trinajstić information content (AvgIpc) is 2.76. The van der Waals surface area contributed by atoms with Crippen LogP contribution < -0.4 is 0 Å². The number of rotatable bonds is 3. The van der Waals surface area contributed by atoms with Gasteiger partial charge in [0.1, 0.15) is 18.3 Å². The van der Waals surface area contributed by atoms with Crippen LogP contribution in [-0.4, -0.2) is 75.9 Å². The first-order chi connectivity index (χ1) is 12.4. The monoisotopic (exact) mass is 376 g/mol. The first-order valence-corrected chi connectivity index (χ1v) is 8.87. The van der Waals surface area contributed by atoms with Crippen LogP contribution in [0, 0.1) is 0 Å². The summed E-state index contributed by atoms with van der Waals surface area (Å²) in [5, 5.41) is 0. The quantitative estimate of drug-likeness (QED) is 0.667. The van der Waals surface area contributed by atoms with Gasteiger partial charge in [0.05, 0.1) is 18.6 Å². The maximum absolute atomic E-state index is 11.4. The second-order valence-electron chi connectivity index (χ2n) is 6.85. The Morgan fingerprint density at radius 3 is 2.54 bits per heavy atom. The number of esters is 1. The molecule has 3 saturated heterocycles. The van der Waals surface area contributed by atoms with Crippen LogP contribution in [0.3, 0.4) is 0 Å². The van der Waals surface area contributed by atoms with Crippen molar-refractivity contribution in [1.82, 2.24) is 0 Å². The van der Waals surface area contributed by atoms with Crippen molar-refractivity contribution in [3.63, 3.8) is 0 Å². The molecule has 3 heterocycles.